The summed E-state index contributed by atoms with van der Waals surface area (Å²) in [5, 5.41) is 2.82. The number of carbonyl (C=O) groups is 1. The maximum Gasteiger partial charge on any atom is 0.257 e. The van der Waals surface area contributed by atoms with E-state index in [1.165, 1.54) is 12.5 Å². The minimum absolute atomic E-state index is 0.168. The van der Waals surface area contributed by atoms with Crippen molar-refractivity contribution in [1.82, 2.24) is 15.0 Å². The number of sulfone groups is 1. The fraction of sp³-hybridized carbons (Fsp3) is 0.273. The van der Waals surface area contributed by atoms with Gasteiger partial charge in [-0.2, -0.15) is 0 Å². The summed E-state index contributed by atoms with van der Waals surface area (Å²) in [6.07, 6.45) is 4.29. The second-order valence-electron chi connectivity index (χ2n) is 7.48. The molecule has 0 unspecified atom stereocenters. The first-order chi connectivity index (χ1) is 15.4. The maximum absolute atomic E-state index is 12.3. The lowest BCUT2D eigenvalue weighted by molar-refractivity contribution is 0.102. The van der Waals surface area contributed by atoms with Crippen LogP contribution in [-0.4, -0.2) is 61.8 Å². The van der Waals surface area contributed by atoms with Crippen molar-refractivity contribution in [2.24, 2.45) is 0 Å². The maximum atomic E-state index is 12.3. The van der Waals surface area contributed by atoms with E-state index < -0.39 is 9.84 Å². The van der Waals surface area contributed by atoms with Crippen molar-refractivity contribution in [2.45, 2.75) is 5.75 Å². The molecule has 32 heavy (non-hydrogen) atoms. The van der Waals surface area contributed by atoms with E-state index in [9.17, 15) is 13.2 Å². The lowest BCUT2D eigenvalue weighted by Crippen LogP contribution is -2.37. The zero-order chi connectivity index (χ0) is 22.6. The van der Waals surface area contributed by atoms with Crippen LogP contribution in [0.25, 0.3) is 11.4 Å². The number of ether oxygens (including phenoxy) is 1. The summed E-state index contributed by atoms with van der Waals surface area (Å²) >= 11 is 0. The Balaban J connectivity index is 1.60. The molecular weight excluding hydrogens is 430 g/mol. The van der Waals surface area contributed by atoms with Gasteiger partial charge in [0.05, 0.1) is 30.2 Å². The van der Waals surface area contributed by atoms with Gasteiger partial charge in [0.25, 0.3) is 5.91 Å². The Morgan fingerprint density at radius 1 is 1.12 bits per heavy atom. The number of carbonyl (C=O) groups excluding carboxylic acids is 1. The molecule has 0 saturated carbocycles. The highest BCUT2D eigenvalue weighted by molar-refractivity contribution is 7.89. The average molecular weight is 454 g/mol. The molecule has 10 heteroatoms. The van der Waals surface area contributed by atoms with Crippen molar-refractivity contribution < 1.29 is 17.9 Å². The molecule has 1 N–H and O–H groups in total. The molecule has 1 fully saturated rings. The van der Waals surface area contributed by atoms with Gasteiger partial charge >= 0.3 is 0 Å². The molecule has 9 nitrogen and oxygen atoms in total. The number of aromatic nitrogens is 3. The van der Waals surface area contributed by atoms with Crippen LogP contribution in [0.15, 0.2) is 54.9 Å². The van der Waals surface area contributed by atoms with Crippen LogP contribution in [0.2, 0.25) is 0 Å². The summed E-state index contributed by atoms with van der Waals surface area (Å²) in [7, 11) is -3.26. The second-order valence-corrected chi connectivity index (χ2v) is 9.62. The molecule has 3 aromatic rings. The lowest BCUT2D eigenvalue weighted by atomic mass is 10.1. The zero-order valence-corrected chi connectivity index (χ0v) is 18.4. The van der Waals surface area contributed by atoms with Gasteiger partial charge in [-0.05, 0) is 36.4 Å². The summed E-state index contributed by atoms with van der Waals surface area (Å²) in [6.45, 7) is 2.53. The number of hydrogen-bond donors (Lipinski definition) is 1. The van der Waals surface area contributed by atoms with Gasteiger partial charge in [-0.1, -0.05) is 0 Å². The molecule has 0 aliphatic carbocycles. The highest BCUT2D eigenvalue weighted by Crippen LogP contribution is 2.23. The molecule has 0 bridgehead atoms. The van der Waals surface area contributed by atoms with Gasteiger partial charge in [-0.3, -0.25) is 9.78 Å². The summed E-state index contributed by atoms with van der Waals surface area (Å²) < 4.78 is 29.1. The highest BCUT2D eigenvalue weighted by atomic mass is 32.2. The number of anilines is 2. The Labute approximate surface area is 186 Å². The van der Waals surface area contributed by atoms with Crippen molar-refractivity contribution in [3.05, 3.63) is 66.1 Å². The molecule has 3 heterocycles. The van der Waals surface area contributed by atoms with E-state index in [1.54, 1.807) is 48.7 Å². The quantitative estimate of drug-likeness (QED) is 0.604. The van der Waals surface area contributed by atoms with Crippen LogP contribution in [0.3, 0.4) is 0 Å². The van der Waals surface area contributed by atoms with Gasteiger partial charge in [0.15, 0.2) is 15.7 Å². The molecule has 1 aliphatic heterocycles. The first-order valence-corrected chi connectivity index (χ1v) is 12.1. The Hall–Kier alpha value is -3.37. The topological polar surface area (TPSA) is 114 Å². The van der Waals surface area contributed by atoms with E-state index in [2.05, 4.69) is 25.2 Å². The van der Waals surface area contributed by atoms with Crippen LogP contribution in [-0.2, 0) is 20.3 Å². The Kier molecular flexibility index (Phi) is 6.42. The van der Waals surface area contributed by atoms with Crippen molar-refractivity contribution >= 4 is 27.2 Å². The minimum Gasteiger partial charge on any atom is -0.378 e. The number of hydrogen-bond acceptors (Lipinski definition) is 8. The molecular formula is C22H23N5O4S. The molecule has 0 spiro atoms. The molecule has 1 aromatic carbocycles. The van der Waals surface area contributed by atoms with Crippen molar-refractivity contribution in [1.29, 1.82) is 0 Å². The molecule has 0 radical (unpaired) electrons. The van der Waals surface area contributed by atoms with Crippen molar-refractivity contribution in [2.75, 3.05) is 42.8 Å². The first-order valence-electron chi connectivity index (χ1n) is 10.1. The van der Waals surface area contributed by atoms with Gasteiger partial charge in [-0.25, -0.2) is 18.4 Å². The lowest BCUT2D eigenvalue weighted by Gasteiger charge is -2.28. The van der Waals surface area contributed by atoms with Crippen molar-refractivity contribution in [3.8, 4) is 11.4 Å². The second kappa shape index (κ2) is 9.41. The summed E-state index contributed by atoms with van der Waals surface area (Å²) in [6, 6.07) is 12.2. The van der Waals surface area contributed by atoms with E-state index in [-0.39, 0.29) is 11.7 Å². The van der Waals surface area contributed by atoms with Gasteiger partial charge < -0.3 is 15.0 Å². The van der Waals surface area contributed by atoms with Crippen LogP contribution in [0, 0.1) is 0 Å². The van der Waals surface area contributed by atoms with Crippen LogP contribution >= 0.6 is 0 Å². The standard InChI is InChI=1S/C22H23N5O4S/c1-32(29,30)15-19-13-20(27-9-11-31-12-10-27)26-21(24-19)16-4-6-18(7-5-16)25-22(28)17-3-2-8-23-14-17/h2-8,13-14H,9-12,15H2,1H3,(H,25,28). The molecule has 1 amide bonds. The van der Waals surface area contributed by atoms with Crippen molar-refractivity contribution in [3.63, 3.8) is 0 Å². The first kappa shape index (κ1) is 21.8. The predicted molar refractivity (Wildman–Crippen MR) is 121 cm³/mol. The number of nitrogens with one attached hydrogen (secondary N) is 1. The summed E-state index contributed by atoms with van der Waals surface area (Å²) in [5.41, 5.74) is 2.23. The number of rotatable bonds is 6. The molecule has 0 atom stereocenters. The molecule has 1 aliphatic rings. The van der Waals surface area contributed by atoms with E-state index in [0.717, 1.165) is 0 Å². The number of nitrogens with zero attached hydrogens (tertiary/aromatic N) is 4. The SMILES string of the molecule is CS(=O)(=O)Cc1cc(N2CCOCC2)nc(-c2ccc(NC(=O)c3cccnc3)cc2)n1. The van der Waals surface area contributed by atoms with Gasteiger partial charge in [-0.15, -0.1) is 0 Å². The van der Waals surface area contributed by atoms with Crippen LogP contribution in [0.1, 0.15) is 16.1 Å². The third-order valence-corrected chi connectivity index (χ3v) is 5.66. The molecule has 4 rings (SSSR count). The van der Waals surface area contributed by atoms with Gasteiger partial charge in [0.1, 0.15) is 5.82 Å². The fourth-order valence-corrected chi connectivity index (χ4v) is 4.00. The Morgan fingerprint density at radius 2 is 1.88 bits per heavy atom. The third-order valence-electron chi connectivity index (χ3n) is 4.84. The Morgan fingerprint density at radius 3 is 2.53 bits per heavy atom. The number of benzene rings is 1. The minimum atomic E-state index is -3.26. The van der Waals surface area contributed by atoms with Gasteiger partial charge in [0.2, 0.25) is 0 Å². The van der Waals surface area contributed by atoms with Gasteiger partial charge in [0, 0.05) is 49.1 Å². The number of pyridine rings is 1. The summed E-state index contributed by atoms with van der Waals surface area (Å²) in [5.74, 6) is 0.676. The normalized spacial score (nSPS) is 14.2. The zero-order valence-electron chi connectivity index (χ0n) is 17.6. The van der Waals surface area contributed by atoms with E-state index in [1.807, 2.05) is 0 Å². The van der Waals surface area contributed by atoms with E-state index in [4.69, 9.17) is 4.74 Å². The smallest absolute Gasteiger partial charge is 0.257 e. The molecule has 2 aromatic heterocycles. The number of amides is 1. The number of morpholine rings is 1. The Bertz CT molecular complexity index is 1190. The highest BCUT2D eigenvalue weighted by Gasteiger charge is 2.17. The monoisotopic (exact) mass is 453 g/mol. The van der Waals surface area contributed by atoms with Crippen LogP contribution in [0.4, 0.5) is 11.5 Å². The molecule has 1 saturated heterocycles. The summed E-state index contributed by atoms with van der Waals surface area (Å²) in [4.78, 5) is 27.5. The predicted octanol–water partition coefficient (Wildman–Crippen LogP) is 2.17. The fourth-order valence-electron chi connectivity index (χ4n) is 3.31. The largest absolute Gasteiger partial charge is 0.378 e. The average Bonchev–Trinajstić information content (AvgIpc) is 2.79. The van der Waals surface area contributed by atoms with Crippen LogP contribution < -0.4 is 10.2 Å². The van der Waals surface area contributed by atoms with E-state index >= 15 is 0 Å². The van der Waals surface area contributed by atoms with Crippen LogP contribution in [0.5, 0.6) is 0 Å². The third kappa shape index (κ3) is 5.65. The molecule has 166 valence electrons. The van der Waals surface area contributed by atoms with E-state index in [0.29, 0.717) is 60.5 Å².